The first-order chi connectivity index (χ1) is 10.4. The molecule has 2 heterocycles. The Morgan fingerprint density at radius 1 is 1.10 bits per heavy atom. The zero-order valence-corrected chi connectivity index (χ0v) is 11.8. The van der Waals surface area contributed by atoms with Gasteiger partial charge in [-0.05, 0) is 24.3 Å². The summed E-state index contributed by atoms with van der Waals surface area (Å²) in [7, 11) is 0. The van der Waals surface area contributed by atoms with Crippen LogP contribution in [0.4, 0.5) is 5.82 Å². The summed E-state index contributed by atoms with van der Waals surface area (Å²) in [6.07, 6.45) is 4.69. The van der Waals surface area contributed by atoms with Crippen molar-refractivity contribution in [1.29, 1.82) is 0 Å². The molecule has 4 heteroatoms. The smallest absolute Gasteiger partial charge is 0.153 e. The molecule has 1 aliphatic heterocycles. The van der Waals surface area contributed by atoms with Crippen molar-refractivity contribution in [2.24, 2.45) is 0 Å². The lowest BCUT2D eigenvalue weighted by Crippen LogP contribution is -2.38. The summed E-state index contributed by atoms with van der Waals surface area (Å²) in [6, 6.07) is 13.3. The van der Waals surface area contributed by atoms with Gasteiger partial charge in [0.25, 0.3) is 0 Å². The van der Waals surface area contributed by atoms with Crippen molar-refractivity contribution in [3.05, 3.63) is 54.2 Å². The summed E-state index contributed by atoms with van der Waals surface area (Å²) in [5, 5.41) is 0. The van der Waals surface area contributed by atoms with Crippen molar-refractivity contribution in [3.63, 3.8) is 0 Å². The van der Waals surface area contributed by atoms with Gasteiger partial charge < -0.3 is 9.64 Å². The predicted octanol–water partition coefficient (Wildman–Crippen LogP) is 2.94. The first-order valence-corrected chi connectivity index (χ1v) is 7.23. The fourth-order valence-electron chi connectivity index (χ4n) is 2.61. The number of aldehydes is 1. The molecule has 0 spiro atoms. The third-order valence-electron chi connectivity index (χ3n) is 3.75. The lowest BCUT2D eigenvalue weighted by atomic mass is 10.1. The van der Waals surface area contributed by atoms with E-state index in [1.807, 2.05) is 42.6 Å². The molecular formula is C17H18N2O2. The monoisotopic (exact) mass is 282 g/mol. The largest absolute Gasteiger partial charge is 0.490 e. The summed E-state index contributed by atoms with van der Waals surface area (Å²) in [4.78, 5) is 17.7. The molecule has 1 aromatic carbocycles. The standard InChI is InChI=1S/C17H18N2O2/c20-13-14-5-1-2-6-16(14)21-15-8-11-19(12-9-15)17-7-3-4-10-18-17/h1-7,10,13,15H,8-9,11-12H2. The number of piperidine rings is 1. The molecule has 0 bridgehead atoms. The molecule has 0 aliphatic carbocycles. The van der Waals surface area contributed by atoms with E-state index in [0.29, 0.717) is 11.3 Å². The Hall–Kier alpha value is -2.36. The van der Waals surface area contributed by atoms with E-state index in [-0.39, 0.29) is 6.10 Å². The summed E-state index contributed by atoms with van der Waals surface area (Å²) >= 11 is 0. The molecule has 108 valence electrons. The Kier molecular flexibility index (Phi) is 4.15. The number of hydrogen-bond acceptors (Lipinski definition) is 4. The van der Waals surface area contributed by atoms with E-state index in [1.54, 1.807) is 6.07 Å². The van der Waals surface area contributed by atoms with Crippen LogP contribution in [0.25, 0.3) is 0 Å². The highest BCUT2D eigenvalue weighted by atomic mass is 16.5. The third kappa shape index (κ3) is 3.21. The molecule has 2 aromatic rings. The van der Waals surface area contributed by atoms with Crippen LogP contribution in [0.5, 0.6) is 5.75 Å². The molecule has 1 aliphatic rings. The van der Waals surface area contributed by atoms with Crippen LogP contribution in [0.15, 0.2) is 48.7 Å². The predicted molar refractivity (Wildman–Crippen MR) is 81.9 cm³/mol. The Balaban J connectivity index is 1.60. The number of benzene rings is 1. The molecule has 4 nitrogen and oxygen atoms in total. The highest BCUT2D eigenvalue weighted by Gasteiger charge is 2.21. The second-order valence-electron chi connectivity index (χ2n) is 5.15. The summed E-state index contributed by atoms with van der Waals surface area (Å²) < 4.78 is 5.98. The summed E-state index contributed by atoms with van der Waals surface area (Å²) in [6.45, 7) is 1.84. The maximum absolute atomic E-state index is 11.0. The second-order valence-corrected chi connectivity index (χ2v) is 5.15. The number of pyridine rings is 1. The van der Waals surface area contributed by atoms with Gasteiger partial charge in [0.2, 0.25) is 0 Å². The SMILES string of the molecule is O=Cc1ccccc1OC1CCN(c2ccccn2)CC1. The van der Waals surface area contributed by atoms with Gasteiger partial charge >= 0.3 is 0 Å². The summed E-state index contributed by atoms with van der Waals surface area (Å²) in [5.74, 6) is 1.70. The van der Waals surface area contributed by atoms with Crippen molar-refractivity contribution in [2.75, 3.05) is 18.0 Å². The second kappa shape index (κ2) is 6.39. The van der Waals surface area contributed by atoms with Crippen molar-refractivity contribution >= 4 is 12.1 Å². The van der Waals surface area contributed by atoms with Gasteiger partial charge in [0, 0.05) is 32.1 Å². The van der Waals surface area contributed by atoms with Gasteiger partial charge in [-0.25, -0.2) is 4.98 Å². The van der Waals surface area contributed by atoms with Gasteiger partial charge in [-0.2, -0.15) is 0 Å². The molecule has 1 aromatic heterocycles. The highest BCUT2D eigenvalue weighted by Crippen LogP contribution is 2.23. The highest BCUT2D eigenvalue weighted by molar-refractivity contribution is 5.79. The summed E-state index contributed by atoms with van der Waals surface area (Å²) in [5.41, 5.74) is 0.615. The first-order valence-electron chi connectivity index (χ1n) is 7.23. The fraction of sp³-hybridized carbons (Fsp3) is 0.294. The maximum atomic E-state index is 11.0. The quantitative estimate of drug-likeness (QED) is 0.809. The number of anilines is 1. The van der Waals surface area contributed by atoms with E-state index < -0.39 is 0 Å². The Morgan fingerprint density at radius 2 is 1.86 bits per heavy atom. The lowest BCUT2D eigenvalue weighted by molar-refractivity contribution is 0.111. The number of aromatic nitrogens is 1. The van der Waals surface area contributed by atoms with Crippen LogP contribution in [-0.4, -0.2) is 30.5 Å². The normalized spacial score (nSPS) is 15.7. The lowest BCUT2D eigenvalue weighted by Gasteiger charge is -2.33. The van der Waals surface area contributed by atoms with Crippen LogP contribution < -0.4 is 9.64 Å². The van der Waals surface area contributed by atoms with Crippen LogP contribution in [0.3, 0.4) is 0 Å². The number of nitrogens with zero attached hydrogens (tertiary/aromatic N) is 2. The molecular weight excluding hydrogens is 264 g/mol. The molecule has 0 amide bonds. The minimum atomic E-state index is 0.158. The molecule has 3 rings (SSSR count). The van der Waals surface area contributed by atoms with Crippen molar-refractivity contribution < 1.29 is 9.53 Å². The van der Waals surface area contributed by atoms with Gasteiger partial charge in [-0.3, -0.25) is 4.79 Å². The van der Waals surface area contributed by atoms with E-state index >= 15 is 0 Å². The maximum Gasteiger partial charge on any atom is 0.153 e. The zero-order chi connectivity index (χ0) is 14.5. The molecule has 0 N–H and O–H groups in total. The molecule has 0 atom stereocenters. The fourth-order valence-corrected chi connectivity index (χ4v) is 2.61. The number of carbonyl (C=O) groups is 1. The average Bonchev–Trinajstić information content (AvgIpc) is 2.57. The van der Waals surface area contributed by atoms with Crippen molar-refractivity contribution in [2.45, 2.75) is 18.9 Å². The molecule has 21 heavy (non-hydrogen) atoms. The van der Waals surface area contributed by atoms with Crippen molar-refractivity contribution in [3.8, 4) is 5.75 Å². The van der Waals surface area contributed by atoms with Gasteiger partial charge in [-0.15, -0.1) is 0 Å². The van der Waals surface area contributed by atoms with Crippen LogP contribution in [0.1, 0.15) is 23.2 Å². The molecule has 0 unspecified atom stereocenters. The van der Waals surface area contributed by atoms with E-state index in [2.05, 4.69) is 9.88 Å². The van der Waals surface area contributed by atoms with Crippen molar-refractivity contribution in [1.82, 2.24) is 4.98 Å². The van der Waals surface area contributed by atoms with E-state index in [9.17, 15) is 4.79 Å². The molecule has 1 saturated heterocycles. The minimum Gasteiger partial charge on any atom is -0.490 e. The van der Waals surface area contributed by atoms with Gasteiger partial charge in [0.1, 0.15) is 17.7 Å². The topological polar surface area (TPSA) is 42.4 Å². The Morgan fingerprint density at radius 3 is 2.57 bits per heavy atom. The van der Waals surface area contributed by atoms with Gasteiger partial charge in [0.05, 0.1) is 5.56 Å². The third-order valence-corrected chi connectivity index (χ3v) is 3.75. The Bertz CT molecular complexity index is 593. The molecule has 0 radical (unpaired) electrons. The number of rotatable bonds is 4. The van der Waals surface area contributed by atoms with Gasteiger partial charge in [0.15, 0.2) is 6.29 Å². The van der Waals surface area contributed by atoms with Crippen LogP contribution in [-0.2, 0) is 0 Å². The minimum absolute atomic E-state index is 0.158. The zero-order valence-electron chi connectivity index (χ0n) is 11.8. The number of hydrogen-bond donors (Lipinski definition) is 0. The van der Waals surface area contributed by atoms with E-state index in [1.165, 1.54) is 0 Å². The number of para-hydroxylation sites is 1. The van der Waals surface area contributed by atoms with Crippen LogP contribution in [0.2, 0.25) is 0 Å². The number of carbonyl (C=O) groups excluding carboxylic acids is 1. The molecule has 1 fully saturated rings. The number of ether oxygens (including phenoxy) is 1. The van der Waals surface area contributed by atoms with Crippen LogP contribution >= 0.6 is 0 Å². The van der Waals surface area contributed by atoms with Gasteiger partial charge in [-0.1, -0.05) is 18.2 Å². The molecule has 0 saturated carbocycles. The van der Waals surface area contributed by atoms with E-state index in [4.69, 9.17) is 4.74 Å². The van der Waals surface area contributed by atoms with E-state index in [0.717, 1.165) is 38.0 Å². The average molecular weight is 282 g/mol. The Labute approximate surface area is 124 Å². The first kappa shape index (κ1) is 13.6. The van der Waals surface area contributed by atoms with Crippen LogP contribution in [0, 0.1) is 0 Å².